The molecule has 0 spiro atoms. The van der Waals surface area contributed by atoms with Crippen molar-refractivity contribution < 1.29 is 9.50 Å². The Kier molecular flexibility index (Phi) is 7.87. The number of likely N-dealkylation sites (N-methyl/N-ethyl adjacent to an activating group) is 1. The van der Waals surface area contributed by atoms with Crippen LogP contribution in [0.15, 0.2) is 54.7 Å². The second-order valence-electron chi connectivity index (χ2n) is 9.75. The highest BCUT2D eigenvalue weighted by molar-refractivity contribution is 6.30. The van der Waals surface area contributed by atoms with Gasteiger partial charge in [-0.25, -0.2) is 14.4 Å². The molecule has 38 heavy (non-hydrogen) atoms. The van der Waals surface area contributed by atoms with Gasteiger partial charge in [0.25, 0.3) is 0 Å². The number of fused-ring (bicyclic) bond motifs is 1. The van der Waals surface area contributed by atoms with Gasteiger partial charge in [0.2, 0.25) is 11.8 Å². The molecule has 0 bridgehead atoms. The highest BCUT2D eigenvalue weighted by Gasteiger charge is 2.21. The third-order valence-corrected chi connectivity index (χ3v) is 6.94. The van der Waals surface area contributed by atoms with Crippen LogP contribution in [0.5, 0.6) is 5.88 Å². The van der Waals surface area contributed by atoms with Crippen molar-refractivity contribution in [3.63, 3.8) is 0 Å². The molecule has 0 amide bonds. The average molecular weight is 536 g/mol. The van der Waals surface area contributed by atoms with Gasteiger partial charge in [-0.05, 0) is 55.6 Å². The average Bonchev–Trinajstić information content (AvgIpc) is 2.92. The molecule has 1 fully saturated rings. The van der Waals surface area contributed by atoms with Gasteiger partial charge >= 0.3 is 0 Å². The lowest BCUT2D eigenvalue weighted by Gasteiger charge is -2.35. The zero-order valence-electron chi connectivity index (χ0n) is 21.5. The maximum absolute atomic E-state index is 14.0. The summed E-state index contributed by atoms with van der Waals surface area (Å²) in [5.74, 6) is -0.0102. The molecule has 1 aliphatic heterocycles. The van der Waals surface area contributed by atoms with Crippen LogP contribution in [0.1, 0.15) is 5.56 Å². The Morgan fingerprint density at radius 1 is 1.03 bits per heavy atom. The summed E-state index contributed by atoms with van der Waals surface area (Å²) >= 11 is 6.19. The maximum atomic E-state index is 14.0. The van der Waals surface area contributed by atoms with E-state index in [-0.39, 0.29) is 0 Å². The van der Waals surface area contributed by atoms with Crippen LogP contribution in [-0.2, 0) is 6.54 Å². The number of hydrogen-bond donors (Lipinski definition) is 2. The lowest BCUT2D eigenvalue weighted by atomic mass is 10.0. The highest BCUT2D eigenvalue weighted by atomic mass is 35.5. The van der Waals surface area contributed by atoms with Crippen molar-refractivity contribution in [1.82, 2.24) is 24.8 Å². The smallest absolute Gasteiger partial charge is 0.247 e. The number of aromatic hydroxyl groups is 1. The lowest BCUT2D eigenvalue weighted by molar-refractivity contribution is 0.229. The maximum Gasteiger partial charge on any atom is 0.247 e. The van der Waals surface area contributed by atoms with E-state index in [9.17, 15) is 9.50 Å². The highest BCUT2D eigenvalue weighted by Crippen LogP contribution is 2.31. The van der Waals surface area contributed by atoms with Gasteiger partial charge in [0.05, 0.1) is 5.52 Å². The molecule has 0 saturated carbocycles. The van der Waals surface area contributed by atoms with Crippen LogP contribution >= 0.6 is 11.6 Å². The predicted molar refractivity (Wildman–Crippen MR) is 150 cm³/mol. The van der Waals surface area contributed by atoms with Crippen molar-refractivity contribution in [3.8, 4) is 17.0 Å². The van der Waals surface area contributed by atoms with Gasteiger partial charge in [0.1, 0.15) is 5.82 Å². The number of aromatic nitrogens is 3. The fraction of sp³-hybridized carbons (Fsp3) is 0.321. The van der Waals surface area contributed by atoms with Gasteiger partial charge in [-0.15, -0.1) is 0 Å². The molecule has 0 aliphatic carbocycles. The van der Waals surface area contributed by atoms with Crippen molar-refractivity contribution in [2.75, 3.05) is 63.6 Å². The summed E-state index contributed by atoms with van der Waals surface area (Å²) in [5, 5.41) is 14.4. The number of piperazine rings is 1. The number of pyridine rings is 1. The fourth-order valence-electron chi connectivity index (χ4n) is 4.51. The quantitative estimate of drug-likeness (QED) is 0.342. The van der Waals surface area contributed by atoms with E-state index in [0.717, 1.165) is 61.3 Å². The van der Waals surface area contributed by atoms with Crippen molar-refractivity contribution in [3.05, 3.63) is 71.1 Å². The molecule has 8 nitrogen and oxygen atoms in total. The van der Waals surface area contributed by atoms with E-state index in [1.165, 1.54) is 12.3 Å². The molecule has 5 rings (SSSR count). The lowest BCUT2D eigenvalue weighted by Crippen LogP contribution is -2.48. The van der Waals surface area contributed by atoms with Crippen LogP contribution in [-0.4, -0.2) is 83.2 Å². The second-order valence-corrected chi connectivity index (χ2v) is 10.2. The van der Waals surface area contributed by atoms with Crippen LogP contribution in [0.25, 0.3) is 22.0 Å². The van der Waals surface area contributed by atoms with E-state index in [0.29, 0.717) is 28.9 Å². The molecule has 0 unspecified atom stereocenters. The first-order valence-electron chi connectivity index (χ1n) is 12.6. The Balaban J connectivity index is 1.45. The largest absolute Gasteiger partial charge is 0.491 e. The molecule has 3 heterocycles. The minimum Gasteiger partial charge on any atom is -0.491 e. The Bertz CT molecular complexity index is 1430. The normalized spacial score (nSPS) is 14.4. The molecular weight excluding hydrogens is 505 g/mol. The molecule has 4 aromatic rings. The minimum atomic E-state index is -0.766. The molecule has 2 aromatic carbocycles. The Morgan fingerprint density at radius 2 is 1.84 bits per heavy atom. The number of anilines is 2. The fourth-order valence-corrected chi connectivity index (χ4v) is 4.72. The summed E-state index contributed by atoms with van der Waals surface area (Å²) in [7, 11) is 4.19. The van der Waals surface area contributed by atoms with E-state index in [1.807, 2.05) is 42.5 Å². The summed E-state index contributed by atoms with van der Waals surface area (Å²) < 4.78 is 14.0. The molecule has 198 valence electrons. The third-order valence-electron chi connectivity index (χ3n) is 6.71. The van der Waals surface area contributed by atoms with E-state index < -0.39 is 11.7 Å². The Hall–Kier alpha value is -3.53. The van der Waals surface area contributed by atoms with E-state index in [1.54, 1.807) is 0 Å². The predicted octanol–water partition coefficient (Wildman–Crippen LogP) is 4.49. The number of rotatable bonds is 8. The van der Waals surface area contributed by atoms with Crippen molar-refractivity contribution in [2.24, 2.45) is 0 Å². The number of hydrogen-bond acceptors (Lipinski definition) is 8. The van der Waals surface area contributed by atoms with E-state index in [2.05, 4.69) is 39.1 Å². The molecule has 2 N–H and O–H groups in total. The third kappa shape index (κ3) is 6.12. The summed E-state index contributed by atoms with van der Waals surface area (Å²) in [5.41, 5.74) is 3.12. The van der Waals surface area contributed by atoms with Gasteiger partial charge in [0, 0.05) is 68.0 Å². The first-order chi connectivity index (χ1) is 18.4. The summed E-state index contributed by atoms with van der Waals surface area (Å²) in [6.07, 6.45) is 1.45. The minimum absolute atomic E-state index is 0.532. The zero-order valence-corrected chi connectivity index (χ0v) is 22.3. The number of halogens is 2. The van der Waals surface area contributed by atoms with Crippen LogP contribution < -0.4 is 10.2 Å². The van der Waals surface area contributed by atoms with E-state index >= 15 is 0 Å². The van der Waals surface area contributed by atoms with Crippen molar-refractivity contribution >= 4 is 34.3 Å². The second kappa shape index (κ2) is 11.5. The van der Waals surface area contributed by atoms with Gasteiger partial charge < -0.3 is 20.2 Å². The monoisotopic (exact) mass is 535 g/mol. The number of benzene rings is 2. The van der Waals surface area contributed by atoms with Gasteiger partial charge in [-0.2, -0.15) is 4.98 Å². The van der Waals surface area contributed by atoms with Gasteiger partial charge in [-0.1, -0.05) is 29.8 Å². The molecular formula is C28H31ClFN7O. The SMILES string of the molecule is CN(C)CCN1CCN(c2nc(NCc3cccc(Cl)c3)c3cc(-c4cnc(O)c(F)c4)ccc3n2)CC1. The summed E-state index contributed by atoms with van der Waals surface area (Å²) in [6, 6.07) is 14.7. The topological polar surface area (TPSA) is 80.7 Å². The first kappa shape index (κ1) is 26.1. The standard InChI is InChI=1S/C28H31ClFN7O/c1-35(2)8-9-36-10-12-37(13-11-36)28-33-25-7-6-20(21-16-24(30)27(38)32-18-21)15-23(25)26(34-28)31-17-19-4-3-5-22(29)14-19/h3-7,14-16,18H,8-13,17H2,1-2H3,(H,32,38)(H,31,33,34). The molecule has 1 saturated heterocycles. The van der Waals surface area contributed by atoms with Crippen LogP contribution in [0, 0.1) is 5.82 Å². The zero-order chi connectivity index (χ0) is 26.6. The number of nitrogens with one attached hydrogen (secondary N) is 1. The molecule has 0 radical (unpaired) electrons. The molecule has 2 aromatic heterocycles. The van der Waals surface area contributed by atoms with E-state index in [4.69, 9.17) is 21.6 Å². The van der Waals surface area contributed by atoms with Gasteiger partial charge in [0.15, 0.2) is 5.82 Å². The van der Waals surface area contributed by atoms with Crippen LogP contribution in [0.3, 0.4) is 0 Å². The van der Waals surface area contributed by atoms with Crippen molar-refractivity contribution in [2.45, 2.75) is 6.54 Å². The van der Waals surface area contributed by atoms with Crippen molar-refractivity contribution in [1.29, 1.82) is 0 Å². The van der Waals surface area contributed by atoms with Crippen LogP contribution in [0.2, 0.25) is 5.02 Å². The number of nitrogens with zero attached hydrogens (tertiary/aromatic N) is 6. The first-order valence-corrected chi connectivity index (χ1v) is 13.0. The molecule has 1 aliphatic rings. The molecule has 10 heteroatoms. The Morgan fingerprint density at radius 3 is 2.58 bits per heavy atom. The summed E-state index contributed by atoms with van der Waals surface area (Å²) in [4.78, 5) is 20.5. The Labute approximate surface area is 226 Å². The molecule has 0 atom stereocenters. The van der Waals surface area contributed by atoms with Crippen LogP contribution in [0.4, 0.5) is 16.2 Å². The van der Waals surface area contributed by atoms with Gasteiger partial charge in [-0.3, -0.25) is 4.90 Å². The summed E-state index contributed by atoms with van der Waals surface area (Å²) in [6.45, 7) is 6.22.